The molecule has 1 heterocycles. The average Bonchev–Trinajstić information content (AvgIpc) is 2.37. The molecule has 0 spiro atoms. The Morgan fingerprint density at radius 1 is 1.60 bits per heavy atom. The molecular weight excluding hydrogens is 270 g/mol. The second kappa shape index (κ2) is 5.03. The number of nitro benzene ring substituents is 1. The van der Waals surface area contributed by atoms with E-state index in [1.165, 1.54) is 13.0 Å². The Morgan fingerprint density at radius 3 is 2.90 bits per heavy atom. The number of rotatable bonds is 4. The lowest BCUT2D eigenvalue weighted by molar-refractivity contribution is -0.384. The molecule has 0 fully saturated rings. The summed E-state index contributed by atoms with van der Waals surface area (Å²) in [7, 11) is 0. The van der Waals surface area contributed by atoms with Gasteiger partial charge in [0.1, 0.15) is 11.7 Å². The number of aliphatic carboxylic acids is 1. The molecule has 20 heavy (non-hydrogen) atoms. The number of nitrogens with one attached hydrogen (secondary N) is 2. The number of fused-ring (bicyclic) bond motifs is 1. The van der Waals surface area contributed by atoms with Gasteiger partial charge in [-0.15, -0.1) is 0 Å². The summed E-state index contributed by atoms with van der Waals surface area (Å²) in [5, 5.41) is 24.8. The molecule has 2 rings (SSSR count). The van der Waals surface area contributed by atoms with E-state index in [0.717, 1.165) is 6.07 Å². The molecule has 0 aliphatic carbocycles. The van der Waals surface area contributed by atoms with Crippen LogP contribution >= 0.6 is 0 Å². The molecule has 106 valence electrons. The van der Waals surface area contributed by atoms with E-state index in [1.54, 1.807) is 0 Å². The molecule has 0 aromatic heterocycles. The van der Waals surface area contributed by atoms with Crippen LogP contribution < -0.4 is 15.4 Å². The van der Waals surface area contributed by atoms with Crippen molar-refractivity contribution in [3.63, 3.8) is 0 Å². The summed E-state index contributed by atoms with van der Waals surface area (Å²) < 4.78 is 5.07. The highest BCUT2D eigenvalue weighted by Crippen LogP contribution is 2.38. The fraction of sp³-hybridized carbons (Fsp3) is 0.273. The number of carbonyl (C=O) groups excluding carboxylic acids is 1. The van der Waals surface area contributed by atoms with E-state index in [0.29, 0.717) is 0 Å². The van der Waals surface area contributed by atoms with Gasteiger partial charge in [-0.1, -0.05) is 0 Å². The first-order chi connectivity index (χ1) is 9.38. The topological polar surface area (TPSA) is 131 Å². The van der Waals surface area contributed by atoms with Crippen LogP contribution in [0, 0.1) is 10.1 Å². The number of benzene rings is 1. The Balaban J connectivity index is 2.43. The minimum absolute atomic E-state index is 0.00514. The number of hydrogen-bond donors (Lipinski definition) is 3. The maximum atomic E-state index is 11.2. The summed E-state index contributed by atoms with van der Waals surface area (Å²) in [6.45, 7) is 1.13. The quantitative estimate of drug-likeness (QED) is 0.549. The third kappa shape index (κ3) is 2.60. The van der Waals surface area contributed by atoms with Crippen molar-refractivity contribution in [1.29, 1.82) is 0 Å². The Hall–Kier alpha value is -2.84. The summed E-state index contributed by atoms with van der Waals surface area (Å²) in [6, 6.07) is 1.40. The van der Waals surface area contributed by atoms with Gasteiger partial charge in [-0.3, -0.25) is 19.7 Å². The molecule has 1 aromatic rings. The molecule has 1 aliphatic heterocycles. The molecule has 9 heteroatoms. The highest BCUT2D eigenvalue weighted by atomic mass is 16.6. The molecule has 1 aliphatic rings. The highest BCUT2D eigenvalue weighted by molar-refractivity contribution is 5.97. The Labute approximate surface area is 112 Å². The summed E-state index contributed by atoms with van der Waals surface area (Å²) in [5.74, 6) is -1.37. The van der Waals surface area contributed by atoms with E-state index in [4.69, 9.17) is 9.84 Å². The first-order valence-corrected chi connectivity index (χ1v) is 5.63. The van der Waals surface area contributed by atoms with Crippen LogP contribution in [0.3, 0.4) is 0 Å². The first kappa shape index (κ1) is 13.6. The van der Waals surface area contributed by atoms with Crippen molar-refractivity contribution >= 4 is 28.9 Å². The van der Waals surface area contributed by atoms with Gasteiger partial charge in [-0.05, 0) is 13.0 Å². The van der Waals surface area contributed by atoms with Crippen LogP contribution in [0.15, 0.2) is 12.1 Å². The molecule has 0 saturated heterocycles. The molecule has 1 aromatic carbocycles. The fourth-order valence-corrected chi connectivity index (χ4v) is 1.68. The normalized spacial score (nSPS) is 14.6. The maximum Gasteiger partial charge on any atom is 0.325 e. The molecule has 3 N–H and O–H groups in total. The zero-order valence-corrected chi connectivity index (χ0v) is 10.4. The number of nitro groups is 1. The van der Waals surface area contributed by atoms with Gasteiger partial charge in [0.25, 0.3) is 11.6 Å². The predicted octanol–water partition coefficient (Wildman–Crippen LogP) is 0.811. The number of hydrogen-bond acceptors (Lipinski definition) is 6. The van der Waals surface area contributed by atoms with E-state index in [2.05, 4.69) is 10.6 Å². The number of anilines is 2. The molecule has 1 atom stereocenters. The molecule has 1 unspecified atom stereocenters. The van der Waals surface area contributed by atoms with Gasteiger partial charge >= 0.3 is 5.97 Å². The van der Waals surface area contributed by atoms with Crippen LogP contribution in [0.5, 0.6) is 5.75 Å². The summed E-state index contributed by atoms with van der Waals surface area (Å²) >= 11 is 0. The SMILES string of the molecule is CC(Nc1cc2c(cc1[N+](=O)[O-])OCC(=O)N2)C(=O)O. The van der Waals surface area contributed by atoms with E-state index < -0.39 is 16.9 Å². The van der Waals surface area contributed by atoms with Gasteiger partial charge in [0.15, 0.2) is 12.4 Å². The number of ether oxygens (including phenoxy) is 1. The Kier molecular flexibility index (Phi) is 3.42. The molecule has 0 bridgehead atoms. The van der Waals surface area contributed by atoms with Crippen molar-refractivity contribution in [3.05, 3.63) is 22.2 Å². The van der Waals surface area contributed by atoms with E-state index in [-0.39, 0.29) is 35.3 Å². The van der Waals surface area contributed by atoms with Gasteiger partial charge in [-0.2, -0.15) is 0 Å². The lowest BCUT2D eigenvalue weighted by atomic mass is 10.2. The molecule has 0 saturated carbocycles. The van der Waals surface area contributed by atoms with Gasteiger partial charge in [0.05, 0.1) is 16.7 Å². The van der Waals surface area contributed by atoms with Crippen molar-refractivity contribution in [2.24, 2.45) is 0 Å². The number of amides is 1. The Bertz CT molecular complexity index is 600. The Morgan fingerprint density at radius 2 is 2.30 bits per heavy atom. The zero-order chi connectivity index (χ0) is 14.9. The third-order valence-corrected chi connectivity index (χ3v) is 2.67. The van der Waals surface area contributed by atoms with Crippen molar-refractivity contribution < 1.29 is 24.4 Å². The standard InChI is InChI=1S/C11H11N3O6/c1-5(11(16)17)12-6-2-7-9(3-8(6)14(18)19)20-4-10(15)13-7/h2-3,5,12H,4H2,1H3,(H,13,15)(H,16,17). The fourth-order valence-electron chi connectivity index (χ4n) is 1.68. The molecule has 9 nitrogen and oxygen atoms in total. The number of carboxylic acids is 1. The molecule has 1 amide bonds. The zero-order valence-electron chi connectivity index (χ0n) is 10.4. The van der Waals surface area contributed by atoms with E-state index >= 15 is 0 Å². The first-order valence-electron chi connectivity index (χ1n) is 5.63. The van der Waals surface area contributed by atoms with E-state index in [1.807, 2.05) is 0 Å². The summed E-state index contributed by atoms with van der Waals surface area (Å²) in [4.78, 5) is 32.3. The number of carbonyl (C=O) groups is 2. The lowest BCUT2D eigenvalue weighted by Gasteiger charge is -2.19. The van der Waals surface area contributed by atoms with Crippen molar-refractivity contribution in [2.45, 2.75) is 13.0 Å². The van der Waals surface area contributed by atoms with Gasteiger partial charge < -0.3 is 20.5 Å². The third-order valence-electron chi connectivity index (χ3n) is 2.67. The van der Waals surface area contributed by atoms with Crippen molar-refractivity contribution in [2.75, 3.05) is 17.2 Å². The van der Waals surface area contributed by atoms with Crippen molar-refractivity contribution in [1.82, 2.24) is 0 Å². The summed E-state index contributed by atoms with van der Waals surface area (Å²) in [6.07, 6.45) is 0. The van der Waals surface area contributed by atoms with Crippen LogP contribution in [0.25, 0.3) is 0 Å². The van der Waals surface area contributed by atoms with Crippen LogP contribution in [-0.4, -0.2) is 34.6 Å². The minimum Gasteiger partial charge on any atom is -0.481 e. The number of carboxylic acid groups (broad SMARTS) is 1. The van der Waals surface area contributed by atoms with Gasteiger partial charge in [-0.25, -0.2) is 0 Å². The highest BCUT2D eigenvalue weighted by Gasteiger charge is 2.25. The van der Waals surface area contributed by atoms with Gasteiger partial charge in [0.2, 0.25) is 0 Å². The molecule has 0 radical (unpaired) electrons. The number of nitrogens with zero attached hydrogens (tertiary/aromatic N) is 1. The van der Waals surface area contributed by atoms with E-state index in [9.17, 15) is 19.7 Å². The lowest BCUT2D eigenvalue weighted by Crippen LogP contribution is -2.27. The second-order valence-electron chi connectivity index (χ2n) is 4.16. The largest absolute Gasteiger partial charge is 0.481 e. The smallest absolute Gasteiger partial charge is 0.325 e. The summed E-state index contributed by atoms with van der Waals surface area (Å²) in [5.41, 5.74) is -0.0746. The van der Waals surface area contributed by atoms with Gasteiger partial charge in [0, 0.05) is 0 Å². The minimum atomic E-state index is -1.16. The van der Waals surface area contributed by atoms with Crippen LogP contribution in [0.2, 0.25) is 0 Å². The van der Waals surface area contributed by atoms with Crippen LogP contribution in [0.1, 0.15) is 6.92 Å². The van der Waals surface area contributed by atoms with Crippen LogP contribution in [-0.2, 0) is 9.59 Å². The van der Waals surface area contributed by atoms with Crippen molar-refractivity contribution in [3.8, 4) is 5.75 Å². The maximum absolute atomic E-state index is 11.2. The molecular formula is C11H11N3O6. The second-order valence-corrected chi connectivity index (χ2v) is 4.16. The average molecular weight is 281 g/mol. The monoisotopic (exact) mass is 281 g/mol. The van der Waals surface area contributed by atoms with Crippen LogP contribution in [0.4, 0.5) is 17.1 Å². The predicted molar refractivity (Wildman–Crippen MR) is 67.9 cm³/mol.